The van der Waals surface area contributed by atoms with E-state index >= 15 is 0 Å². The molecule has 1 fully saturated rings. The lowest BCUT2D eigenvalue weighted by Crippen LogP contribution is -2.31. The quantitative estimate of drug-likeness (QED) is 0.609. The third-order valence-electron chi connectivity index (χ3n) is 1.94. The van der Waals surface area contributed by atoms with E-state index in [4.69, 9.17) is 4.74 Å². The lowest BCUT2D eigenvalue weighted by molar-refractivity contribution is -0.156. The zero-order valence-corrected chi connectivity index (χ0v) is 7.16. The van der Waals surface area contributed by atoms with Gasteiger partial charge in [-0.15, -0.1) is 0 Å². The van der Waals surface area contributed by atoms with Crippen LogP contribution in [0.2, 0.25) is 0 Å². The molecule has 0 spiro atoms. The number of aliphatic hydroxyl groups excluding tert-OH is 1. The van der Waals surface area contributed by atoms with Crippen LogP contribution in [0.4, 0.5) is 0 Å². The highest BCUT2D eigenvalue weighted by Gasteiger charge is 2.30. The molecule has 4 heteroatoms. The van der Waals surface area contributed by atoms with Crippen LogP contribution in [0.15, 0.2) is 0 Å². The average molecular weight is 174 g/mol. The molecule has 1 aliphatic rings. The number of carbonyl (C=O) groups excluding carboxylic acids is 1. The Morgan fingerprint density at radius 2 is 2.58 bits per heavy atom. The van der Waals surface area contributed by atoms with Crippen LogP contribution in [-0.2, 0) is 14.3 Å². The average Bonchev–Trinajstić information content (AvgIpc) is 2.55. The van der Waals surface area contributed by atoms with E-state index in [2.05, 4.69) is 4.74 Å². The predicted octanol–water partition coefficient (Wildman–Crippen LogP) is -0.0531. The lowest BCUT2D eigenvalue weighted by atomic mass is 10.0. The molecule has 0 aromatic rings. The molecule has 1 N–H and O–H groups in total. The number of aliphatic hydroxyl groups is 1. The monoisotopic (exact) mass is 174 g/mol. The van der Waals surface area contributed by atoms with Crippen molar-refractivity contribution in [2.75, 3.05) is 19.8 Å². The molecule has 12 heavy (non-hydrogen) atoms. The molecule has 2 atom stereocenters. The minimum atomic E-state index is -1.01. The molecule has 0 aliphatic carbocycles. The molecule has 0 aromatic carbocycles. The second-order valence-corrected chi connectivity index (χ2v) is 2.82. The first kappa shape index (κ1) is 9.48. The predicted molar refractivity (Wildman–Crippen MR) is 41.6 cm³/mol. The highest BCUT2D eigenvalue weighted by Crippen LogP contribution is 2.17. The van der Waals surface area contributed by atoms with E-state index < -0.39 is 12.1 Å². The zero-order valence-electron chi connectivity index (χ0n) is 7.16. The molecule has 4 nitrogen and oxygen atoms in total. The number of carbonyl (C=O) groups is 1. The van der Waals surface area contributed by atoms with Gasteiger partial charge in [-0.3, -0.25) is 0 Å². The molecule has 0 amide bonds. The summed E-state index contributed by atoms with van der Waals surface area (Å²) in [4.78, 5) is 11.0. The maximum atomic E-state index is 11.0. The van der Waals surface area contributed by atoms with Gasteiger partial charge in [0.15, 0.2) is 6.10 Å². The summed E-state index contributed by atoms with van der Waals surface area (Å²) in [5.41, 5.74) is 0. The van der Waals surface area contributed by atoms with Gasteiger partial charge in [0, 0.05) is 12.5 Å². The van der Waals surface area contributed by atoms with Crippen molar-refractivity contribution in [1.82, 2.24) is 0 Å². The number of hydrogen-bond donors (Lipinski definition) is 1. The van der Waals surface area contributed by atoms with Crippen LogP contribution < -0.4 is 0 Å². The zero-order chi connectivity index (χ0) is 8.97. The topological polar surface area (TPSA) is 55.8 Å². The number of esters is 1. The summed E-state index contributed by atoms with van der Waals surface area (Å²) >= 11 is 0. The first-order valence-corrected chi connectivity index (χ1v) is 4.18. The minimum absolute atomic E-state index is 0.0796. The van der Waals surface area contributed by atoms with Crippen molar-refractivity contribution < 1.29 is 19.4 Å². The molecule has 0 radical (unpaired) electrons. The summed E-state index contributed by atoms with van der Waals surface area (Å²) in [6.07, 6.45) is -0.271. The molecular weight excluding hydrogens is 160 g/mol. The Labute approximate surface area is 71.5 Å². The van der Waals surface area contributed by atoms with Gasteiger partial charge in [-0.2, -0.15) is 0 Å². The smallest absolute Gasteiger partial charge is 0.335 e. The van der Waals surface area contributed by atoms with Crippen molar-refractivity contribution >= 4 is 5.97 Å². The van der Waals surface area contributed by atoms with Crippen LogP contribution >= 0.6 is 0 Å². The van der Waals surface area contributed by atoms with Gasteiger partial charge in [0.1, 0.15) is 0 Å². The highest BCUT2D eigenvalue weighted by atomic mass is 16.5. The fraction of sp³-hybridized carbons (Fsp3) is 0.875. The summed E-state index contributed by atoms with van der Waals surface area (Å²) in [5.74, 6) is -0.614. The summed E-state index contributed by atoms with van der Waals surface area (Å²) < 4.78 is 9.71. The lowest BCUT2D eigenvalue weighted by Gasteiger charge is -2.13. The van der Waals surface area contributed by atoms with Gasteiger partial charge in [-0.05, 0) is 13.3 Å². The maximum absolute atomic E-state index is 11.0. The number of hydrogen-bond acceptors (Lipinski definition) is 4. The van der Waals surface area contributed by atoms with E-state index in [1.165, 1.54) is 0 Å². The summed E-state index contributed by atoms with van der Waals surface area (Å²) in [6.45, 7) is 3.11. The summed E-state index contributed by atoms with van der Waals surface area (Å²) in [6, 6.07) is 0. The van der Waals surface area contributed by atoms with Gasteiger partial charge in [-0.25, -0.2) is 4.79 Å². The fourth-order valence-electron chi connectivity index (χ4n) is 1.22. The first-order chi connectivity index (χ1) is 5.75. The van der Waals surface area contributed by atoms with Crippen molar-refractivity contribution in [2.45, 2.75) is 19.4 Å². The normalized spacial score (nSPS) is 25.3. The van der Waals surface area contributed by atoms with Crippen molar-refractivity contribution in [3.63, 3.8) is 0 Å². The first-order valence-electron chi connectivity index (χ1n) is 4.18. The number of ether oxygens (including phenoxy) is 2. The van der Waals surface area contributed by atoms with E-state index in [-0.39, 0.29) is 5.92 Å². The molecule has 0 unspecified atom stereocenters. The van der Waals surface area contributed by atoms with Gasteiger partial charge < -0.3 is 14.6 Å². The molecule has 0 bridgehead atoms. The minimum Gasteiger partial charge on any atom is -0.464 e. The Morgan fingerprint density at radius 1 is 1.83 bits per heavy atom. The van der Waals surface area contributed by atoms with Crippen molar-refractivity contribution in [3.05, 3.63) is 0 Å². The van der Waals surface area contributed by atoms with Crippen molar-refractivity contribution in [3.8, 4) is 0 Å². The molecule has 0 saturated carbocycles. The maximum Gasteiger partial charge on any atom is 0.335 e. The summed E-state index contributed by atoms with van der Waals surface area (Å²) in [5, 5.41) is 9.39. The molecule has 1 rings (SSSR count). The second-order valence-electron chi connectivity index (χ2n) is 2.82. The Hall–Kier alpha value is -0.610. The molecule has 70 valence electrons. The fourth-order valence-corrected chi connectivity index (χ4v) is 1.22. The van der Waals surface area contributed by atoms with Crippen molar-refractivity contribution in [2.24, 2.45) is 5.92 Å². The van der Waals surface area contributed by atoms with Crippen LogP contribution in [0, 0.1) is 5.92 Å². The van der Waals surface area contributed by atoms with Gasteiger partial charge in [0.2, 0.25) is 0 Å². The van der Waals surface area contributed by atoms with E-state index in [0.717, 1.165) is 6.42 Å². The number of rotatable bonds is 3. The largest absolute Gasteiger partial charge is 0.464 e. The Bertz CT molecular complexity index is 151. The van der Waals surface area contributed by atoms with Crippen LogP contribution in [-0.4, -0.2) is 37.0 Å². The molecule has 0 aromatic heterocycles. The highest BCUT2D eigenvalue weighted by molar-refractivity contribution is 5.74. The van der Waals surface area contributed by atoms with E-state index in [0.29, 0.717) is 19.8 Å². The van der Waals surface area contributed by atoms with Gasteiger partial charge in [0.25, 0.3) is 0 Å². The SMILES string of the molecule is CCOC(=O)[C@@H](O)[C@@H]1CCOC1. The van der Waals surface area contributed by atoms with Gasteiger partial charge in [0.05, 0.1) is 13.2 Å². The molecular formula is C8H14O4. The standard InChI is InChI=1S/C8H14O4/c1-2-12-8(10)7(9)6-3-4-11-5-6/h6-7,9H,2-5H2,1H3/t6-,7+/m1/s1. The van der Waals surface area contributed by atoms with Crippen LogP contribution in [0.25, 0.3) is 0 Å². The summed E-state index contributed by atoms with van der Waals surface area (Å²) in [7, 11) is 0. The molecule has 1 saturated heterocycles. The third kappa shape index (κ3) is 2.19. The molecule has 1 aliphatic heterocycles. The Kier molecular flexibility index (Phi) is 3.49. The van der Waals surface area contributed by atoms with Crippen molar-refractivity contribution in [1.29, 1.82) is 0 Å². The van der Waals surface area contributed by atoms with E-state index in [1.807, 2.05) is 0 Å². The van der Waals surface area contributed by atoms with Crippen LogP contribution in [0.3, 0.4) is 0 Å². The Morgan fingerprint density at radius 3 is 3.08 bits per heavy atom. The second kappa shape index (κ2) is 4.42. The van der Waals surface area contributed by atoms with E-state index in [1.54, 1.807) is 6.92 Å². The molecule has 1 heterocycles. The third-order valence-corrected chi connectivity index (χ3v) is 1.94. The van der Waals surface area contributed by atoms with Crippen LogP contribution in [0.5, 0.6) is 0 Å². The van der Waals surface area contributed by atoms with E-state index in [9.17, 15) is 9.90 Å². The van der Waals surface area contributed by atoms with Gasteiger partial charge >= 0.3 is 5.97 Å². The van der Waals surface area contributed by atoms with Gasteiger partial charge in [-0.1, -0.05) is 0 Å². The Balaban J connectivity index is 2.34. The van der Waals surface area contributed by atoms with Crippen LogP contribution in [0.1, 0.15) is 13.3 Å².